The standard InChI is InChI=1S/C19H32N4.HI/c1-5-16-8-10-17(11-9-16)15-23(4)19(20-2)21-13-18-7-6-12-22(3)14-18;/h8-11,18H,5-7,12-15H2,1-4H3,(H,20,21);1H. The van der Waals surface area contributed by atoms with Crippen LogP contribution in [0.25, 0.3) is 0 Å². The van der Waals surface area contributed by atoms with Crippen molar-refractivity contribution in [1.29, 1.82) is 0 Å². The van der Waals surface area contributed by atoms with Gasteiger partial charge < -0.3 is 15.1 Å². The van der Waals surface area contributed by atoms with Gasteiger partial charge in [0, 0.05) is 33.7 Å². The van der Waals surface area contributed by atoms with Gasteiger partial charge in [-0.25, -0.2) is 0 Å². The Labute approximate surface area is 164 Å². The molecule has 1 aliphatic rings. The van der Waals surface area contributed by atoms with Crippen molar-refractivity contribution in [3.8, 4) is 0 Å². The summed E-state index contributed by atoms with van der Waals surface area (Å²) in [5.41, 5.74) is 2.71. The van der Waals surface area contributed by atoms with Crippen LogP contribution in [0.5, 0.6) is 0 Å². The number of aliphatic imine (C=N–C) groups is 1. The highest BCUT2D eigenvalue weighted by Gasteiger charge is 2.18. The Bertz CT molecular complexity index is 501. The lowest BCUT2D eigenvalue weighted by Crippen LogP contribution is -2.44. The number of hydrogen-bond donors (Lipinski definition) is 1. The van der Waals surface area contributed by atoms with Crippen molar-refractivity contribution in [3.63, 3.8) is 0 Å². The van der Waals surface area contributed by atoms with E-state index in [0.29, 0.717) is 0 Å². The van der Waals surface area contributed by atoms with Gasteiger partial charge in [0.25, 0.3) is 0 Å². The Balaban J connectivity index is 0.00000288. The Hall–Kier alpha value is -0.820. The molecule has 1 unspecified atom stereocenters. The number of rotatable bonds is 5. The Morgan fingerprint density at radius 2 is 1.96 bits per heavy atom. The third-order valence-corrected chi connectivity index (χ3v) is 4.70. The molecule has 0 amide bonds. The zero-order valence-corrected chi connectivity index (χ0v) is 17.9. The molecule has 1 aliphatic heterocycles. The van der Waals surface area contributed by atoms with Gasteiger partial charge in [-0.3, -0.25) is 4.99 Å². The molecule has 1 heterocycles. The van der Waals surface area contributed by atoms with Crippen LogP contribution in [0.15, 0.2) is 29.3 Å². The average Bonchev–Trinajstić information content (AvgIpc) is 2.56. The number of nitrogens with zero attached hydrogens (tertiary/aromatic N) is 3. The molecule has 0 radical (unpaired) electrons. The lowest BCUT2D eigenvalue weighted by molar-refractivity contribution is 0.209. The Morgan fingerprint density at radius 3 is 2.54 bits per heavy atom. The first kappa shape index (κ1) is 21.2. The molecule has 0 bridgehead atoms. The van der Waals surface area contributed by atoms with Gasteiger partial charge in [0.1, 0.15) is 0 Å². The second-order valence-electron chi connectivity index (χ2n) is 6.72. The van der Waals surface area contributed by atoms with Gasteiger partial charge in [-0.15, -0.1) is 24.0 Å². The first-order chi connectivity index (χ1) is 11.1. The van der Waals surface area contributed by atoms with Crippen LogP contribution in [0.2, 0.25) is 0 Å². The molecule has 5 heteroatoms. The Morgan fingerprint density at radius 1 is 1.29 bits per heavy atom. The van der Waals surface area contributed by atoms with Crippen molar-refractivity contribution >= 4 is 29.9 Å². The minimum atomic E-state index is 0. The van der Waals surface area contributed by atoms with Crippen molar-refractivity contribution < 1.29 is 0 Å². The molecular formula is C19H33IN4. The van der Waals surface area contributed by atoms with Crippen molar-refractivity contribution in [1.82, 2.24) is 15.1 Å². The second kappa shape index (κ2) is 10.9. The fraction of sp³-hybridized carbons (Fsp3) is 0.632. The molecule has 1 atom stereocenters. The van der Waals surface area contributed by atoms with E-state index in [1.54, 1.807) is 0 Å². The number of aryl methyl sites for hydroxylation is 1. The van der Waals surface area contributed by atoms with Crippen LogP contribution in [0.3, 0.4) is 0 Å². The van der Waals surface area contributed by atoms with Crippen LogP contribution < -0.4 is 5.32 Å². The molecule has 0 aliphatic carbocycles. The van der Waals surface area contributed by atoms with Gasteiger partial charge in [0.2, 0.25) is 0 Å². The monoisotopic (exact) mass is 444 g/mol. The summed E-state index contributed by atoms with van der Waals surface area (Å²) in [5.74, 6) is 1.71. The number of likely N-dealkylation sites (tertiary alicyclic amines) is 1. The molecule has 2 rings (SSSR count). The number of halogens is 1. The van der Waals surface area contributed by atoms with Crippen molar-refractivity contribution in [2.24, 2.45) is 10.9 Å². The smallest absolute Gasteiger partial charge is 0.193 e. The predicted octanol–water partition coefficient (Wildman–Crippen LogP) is 3.22. The van der Waals surface area contributed by atoms with Crippen molar-refractivity contribution in [2.75, 3.05) is 40.8 Å². The number of hydrogen-bond acceptors (Lipinski definition) is 2. The van der Waals surface area contributed by atoms with Gasteiger partial charge in [-0.1, -0.05) is 31.2 Å². The molecule has 24 heavy (non-hydrogen) atoms. The zero-order valence-electron chi connectivity index (χ0n) is 15.6. The van der Waals surface area contributed by atoms with Gasteiger partial charge in [-0.05, 0) is 49.9 Å². The summed E-state index contributed by atoms with van der Waals surface area (Å²) in [7, 11) is 6.19. The van der Waals surface area contributed by atoms with E-state index >= 15 is 0 Å². The minimum Gasteiger partial charge on any atom is -0.356 e. The molecule has 1 N–H and O–H groups in total. The Kier molecular flexibility index (Phi) is 9.66. The molecule has 4 nitrogen and oxygen atoms in total. The molecule has 0 aromatic heterocycles. The van der Waals surface area contributed by atoms with E-state index in [1.807, 2.05) is 7.05 Å². The SMILES string of the molecule is CCc1ccc(CN(C)C(=NC)NCC2CCCN(C)C2)cc1.I. The van der Waals surface area contributed by atoms with Crippen LogP contribution in [-0.4, -0.2) is 56.5 Å². The molecule has 1 aromatic rings. The summed E-state index contributed by atoms with van der Waals surface area (Å²) in [6, 6.07) is 8.88. The fourth-order valence-corrected chi connectivity index (χ4v) is 3.29. The molecule has 0 saturated carbocycles. The summed E-state index contributed by atoms with van der Waals surface area (Å²) in [6.45, 7) is 6.50. The van der Waals surface area contributed by atoms with Gasteiger partial charge in [0.05, 0.1) is 0 Å². The number of guanidine groups is 1. The maximum Gasteiger partial charge on any atom is 0.193 e. The molecule has 1 saturated heterocycles. The van der Waals surface area contributed by atoms with E-state index < -0.39 is 0 Å². The summed E-state index contributed by atoms with van der Waals surface area (Å²) >= 11 is 0. The van der Waals surface area contributed by atoms with E-state index in [0.717, 1.165) is 31.4 Å². The van der Waals surface area contributed by atoms with Crippen LogP contribution in [0.1, 0.15) is 30.9 Å². The van der Waals surface area contributed by atoms with Gasteiger partial charge in [0.15, 0.2) is 5.96 Å². The van der Waals surface area contributed by atoms with E-state index in [1.165, 1.54) is 37.1 Å². The highest BCUT2D eigenvalue weighted by atomic mass is 127. The highest BCUT2D eigenvalue weighted by molar-refractivity contribution is 14.0. The number of nitrogens with one attached hydrogen (secondary N) is 1. The quantitative estimate of drug-likeness (QED) is 0.430. The lowest BCUT2D eigenvalue weighted by Gasteiger charge is -2.31. The van der Waals surface area contributed by atoms with Crippen LogP contribution in [0, 0.1) is 5.92 Å². The van der Waals surface area contributed by atoms with Gasteiger partial charge >= 0.3 is 0 Å². The molecule has 0 spiro atoms. The highest BCUT2D eigenvalue weighted by Crippen LogP contribution is 2.14. The third kappa shape index (κ3) is 6.59. The zero-order chi connectivity index (χ0) is 16.7. The minimum absolute atomic E-state index is 0. The first-order valence-electron chi connectivity index (χ1n) is 8.80. The molecular weight excluding hydrogens is 411 g/mol. The normalized spacial score (nSPS) is 18.8. The van der Waals surface area contributed by atoms with Crippen LogP contribution >= 0.6 is 24.0 Å². The summed E-state index contributed by atoms with van der Waals surface area (Å²) < 4.78 is 0. The summed E-state index contributed by atoms with van der Waals surface area (Å²) in [5, 5.41) is 3.55. The second-order valence-corrected chi connectivity index (χ2v) is 6.72. The molecule has 136 valence electrons. The summed E-state index contributed by atoms with van der Waals surface area (Å²) in [6.07, 6.45) is 3.72. The topological polar surface area (TPSA) is 30.9 Å². The number of benzene rings is 1. The van der Waals surface area contributed by atoms with E-state index in [-0.39, 0.29) is 24.0 Å². The third-order valence-electron chi connectivity index (χ3n) is 4.70. The van der Waals surface area contributed by atoms with Crippen LogP contribution in [-0.2, 0) is 13.0 Å². The lowest BCUT2D eigenvalue weighted by atomic mass is 9.98. The molecule has 1 aromatic carbocycles. The molecule has 1 fully saturated rings. The summed E-state index contributed by atoms with van der Waals surface area (Å²) in [4.78, 5) is 9.07. The number of piperidine rings is 1. The maximum absolute atomic E-state index is 4.44. The van der Waals surface area contributed by atoms with Crippen molar-refractivity contribution in [2.45, 2.75) is 32.7 Å². The largest absolute Gasteiger partial charge is 0.356 e. The fourth-order valence-electron chi connectivity index (χ4n) is 3.29. The van der Waals surface area contributed by atoms with E-state index in [4.69, 9.17) is 0 Å². The van der Waals surface area contributed by atoms with Gasteiger partial charge in [-0.2, -0.15) is 0 Å². The first-order valence-corrected chi connectivity index (χ1v) is 8.80. The maximum atomic E-state index is 4.44. The van der Waals surface area contributed by atoms with Crippen molar-refractivity contribution in [3.05, 3.63) is 35.4 Å². The van der Waals surface area contributed by atoms with E-state index in [9.17, 15) is 0 Å². The van der Waals surface area contributed by atoms with Crippen LogP contribution in [0.4, 0.5) is 0 Å². The van der Waals surface area contributed by atoms with E-state index in [2.05, 4.69) is 65.4 Å². The average molecular weight is 444 g/mol. The predicted molar refractivity (Wildman–Crippen MR) is 114 cm³/mol.